The highest BCUT2D eigenvalue weighted by Gasteiger charge is 2.41. The minimum Gasteiger partial charge on any atom is -0.175 e. The van der Waals surface area contributed by atoms with Gasteiger partial charge >= 0.3 is 0 Å². The van der Waals surface area contributed by atoms with Gasteiger partial charge in [-0.2, -0.15) is 37.9 Å². The first-order chi connectivity index (χ1) is 5.25. The van der Waals surface area contributed by atoms with Crippen LogP contribution < -0.4 is 0 Å². The summed E-state index contributed by atoms with van der Waals surface area (Å²) in [7, 11) is 0. The number of rotatable bonds is 4. The highest BCUT2D eigenvalue weighted by Crippen LogP contribution is 2.41. The van der Waals surface area contributed by atoms with E-state index in [1.807, 2.05) is 0 Å². The minimum absolute atomic E-state index is 0.0496. The fourth-order valence-corrected chi connectivity index (χ4v) is 2.11. The molecule has 0 saturated heterocycles. The van der Waals surface area contributed by atoms with Crippen LogP contribution in [0.2, 0.25) is 0 Å². The van der Waals surface area contributed by atoms with Crippen LogP contribution in [0.4, 0.5) is 0 Å². The van der Waals surface area contributed by atoms with Crippen LogP contribution in [-0.2, 0) is 0 Å². The normalized spacial score (nSPS) is 24.2. The molecule has 0 N–H and O–H groups in total. The predicted molar refractivity (Wildman–Crippen MR) is 68.1 cm³/mol. The van der Waals surface area contributed by atoms with E-state index in [9.17, 15) is 0 Å². The minimum atomic E-state index is -0.130. The first kappa shape index (κ1) is 13.1. The molecule has 0 rings (SSSR count). The van der Waals surface area contributed by atoms with E-state index in [2.05, 4.69) is 65.6 Å². The SMILES string of the molecule is CCCC(C)(S)C(C)(S)C(C)S. The average Bonchev–Trinajstić information content (AvgIpc) is 1.86. The molecule has 0 saturated carbocycles. The van der Waals surface area contributed by atoms with Crippen molar-refractivity contribution < 1.29 is 0 Å². The molecule has 3 unspecified atom stereocenters. The van der Waals surface area contributed by atoms with Crippen LogP contribution in [0.3, 0.4) is 0 Å². The van der Waals surface area contributed by atoms with E-state index < -0.39 is 0 Å². The Morgan fingerprint density at radius 1 is 1.25 bits per heavy atom. The number of hydrogen-bond donors (Lipinski definition) is 3. The van der Waals surface area contributed by atoms with E-state index in [0.29, 0.717) is 0 Å². The van der Waals surface area contributed by atoms with Gasteiger partial charge in [-0.3, -0.25) is 0 Å². The Hall–Kier alpha value is 1.05. The summed E-state index contributed by atoms with van der Waals surface area (Å²) in [6.45, 7) is 8.48. The lowest BCUT2D eigenvalue weighted by Gasteiger charge is -2.42. The largest absolute Gasteiger partial charge is 0.175 e. The molecule has 74 valence electrons. The second-order valence-electron chi connectivity index (χ2n) is 3.85. The van der Waals surface area contributed by atoms with Crippen LogP contribution in [-0.4, -0.2) is 14.7 Å². The second kappa shape index (κ2) is 4.52. The van der Waals surface area contributed by atoms with Gasteiger partial charge in [0.25, 0.3) is 0 Å². The molecule has 0 spiro atoms. The van der Waals surface area contributed by atoms with E-state index in [1.165, 1.54) is 0 Å². The molecule has 0 aromatic rings. The second-order valence-corrected chi connectivity index (χ2v) is 6.54. The van der Waals surface area contributed by atoms with Crippen LogP contribution in [0, 0.1) is 0 Å². The lowest BCUT2D eigenvalue weighted by atomic mass is 9.87. The predicted octanol–water partition coefficient (Wildman–Crippen LogP) is 3.48. The maximum Gasteiger partial charge on any atom is 0.0356 e. The van der Waals surface area contributed by atoms with Gasteiger partial charge in [0, 0.05) is 14.7 Å². The lowest BCUT2D eigenvalue weighted by Crippen LogP contribution is -2.46. The van der Waals surface area contributed by atoms with E-state index in [1.54, 1.807) is 0 Å². The summed E-state index contributed by atoms with van der Waals surface area (Å²) >= 11 is 13.7. The summed E-state index contributed by atoms with van der Waals surface area (Å²) in [6, 6.07) is 0. The van der Waals surface area contributed by atoms with Gasteiger partial charge in [-0.25, -0.2) is 0 Å². The Bertz CT molecular complexity index is 139. The van der Waals surface area contributed by atoms with Crippen LogP contribution >= 0.6 is 37.9 Å². The third-order valence-electron chi connectivity index (χ3n) is 2.64. The van der Waals surface area contributed by atoms with E-state index in [0.717, 1.165) is 12.8 Å². The third kappa shape index (κ3) is 2.78. The highest BCUT2D eigenvalue weighted by atomic mass is 32.1. The molecular weight excluding hydrogens is 204 g/mol. The van der Waals surface area contributed by atoms with E-state index in [-0.39, 0.29) is 14.7 Å². The van der Waals surface area contributed by atoms with Gasteiger partial charge in [0.2, 0.25) is 0 Å². The fraction of sp³-hybridized carbons (Fsp3) is 1.00. The summed E-state index contributed by atoms with van der Waals surface area (Å²) in [5.74, 6) is 0. The third-order valence-corrected chi connectivity index (χ3v) is 5.11. The van der Waals surface area contributed by atoms with E-state index in [4.69, 9.17) is 0 Å². The Balaban J connectivity index is 4.50. The molecule has 0 radical (unpaired) electrons. The number of thiol groups is 3. The average molecular weight is 224 g/mol. The highest BCUT2D eigenvalue weighted by molar-refractivity contribution is 7.88. The van der Waals surface area contributed by atoms with Crippen molar-refractivity contribution in [1.29, 1.82) is 0 Å². The Morgan fingerprint density at radius 2 is 1.67 bits per heavy atom. The van der Waals surface area contributed by atoms with Crippen LogP contribution in [0.15, 0.2) is 0 Å². The zero-order valence-electron chi connectivity index (χ0n) is 8.33. The molecule has 0 bridgehead atoms. The van der Waals surface area contributed by atoms with Crippen molar-refractivity contribution in [2.45, 2.75) is 55.3 Å². The molecule has 0 nitrogen and oxygen atoms in total. The summed E-state index contributed by atoms with van der Waals surface area (Å²) in [6.07, 6.45) is 2.21. The standard InChI is InChI=1S/C9H20S3/c1-5-6-8(3,11)9(4,12)7(2)10/h7,10-12H,5-6H2,1-4H3. The summed E-state index contributed by atoms with van der Waals surface area (Å²) in [4.78, 5) is 0. The molecule has 0 aromatic heterocycles. The number of hydrogen-bond acceptors (Lipinski definition) is 3. The molecule has 0 aliphatic rings. The van der Waals surface area contributed by atoms with Gasteiger partial charge in [-0.15, -0.1) is 0 Å². The van der Waals surface area contributed by atoms with Gasteiger partial charge < -0.3 is 0 Å². The van der Waals surface area contributed by atoms with Crippen LogP contribution in [0.5, 0.6) is 0 Å². The molecule has 0 amide bonds. The smallest absolute Gasteiger partial charge is 0.0356 e. The van der Waals surface area contributed by atoms with Crippen molar-refractivity contribution in [3.8, 4) is 0 Å². The molecule has 12 heavy (non-hydrogen) atoms. The van der Waals surface area contributed by atoms with Crippen molar-refractivity contribution in [2.75, 3.05) is 0 Å². The van der Waals surface area contributed by atoms with Gasteiger partial charge in [-0.05, 0) is 20.3 Å². The van der Waals surface area contributed by atoms with Gasteiger partial charge in [0.05, 0.1) is 0 Å². The van der Waals surface area contributed by atoms with Crippen molar-refractivity contribution in [3.63, 3.8) is 0 Å². The Kier molecular flexibility index (Phi) is 4.91. The Morgan fingerprint density at radius 3 is 1.92 bits per heavy atom. The van der Waals surface area contributed by atoms with Crippen molar-refractivity contribution in [3.05, 3.63) is 0 Å². The summed E-state index contributed by atoms with van der Waals surface area (Å²) in [5.41, 5.74) is 0. The molecule has 0 aromatic carbocycles. The van der Waals surface area contributed by atoms with Gasteiger partial charge in [-0.1, -0.05) is 20.3 Å². The first-order valence-electron chi connectivity index (χ1n) is 4.38. The molecule has 3 atom stereocenters. The van der Waals surface area contributed by atoms with Crippen molar-refractivity contribution >= 4 is 37.9 Å². The van der Waals surface area contributed by atoms with Crippen molar-refractivity contribution in [2.24, 2.45) is 0 Å². The zero-order chi connectivity index (χ0) is 9.99. The molecule has 0 fully saturated rings. The molecular formula is C9H20S3. The molecule has 3 heteroatoms. The zero-order valence-corrected chi connectivity index (χ0v) is 11.0. The molecule has 0 aliphatic heterocycles. The maximum absolute atomic E-state index is 4.66. The maximum atomic E-state index is 4.66. The van der Waals surface area contributed by atoms with Gasteiger partial charge in [0.15, 0.2) is 0 Å². The molecule has 0 aliphatic carbocycles. The summed E-state index contributed by atoms with van der Waals surface area (Å²) in [5, 5.41) is 0.245. The summed E-state index contributed by atoms with van der Waals surface area (Å²) < 4.78 is -0.179. The topological polar surface area (TPSA) is 0 Å². The van der Waals surface area contributed by atoms with Crippen LogP contribution in [0.1, 0.15) is 40.5 Å². The van der Waals surface area contributed by atoms with Crippen molar-refractivity contribution in [1.82, 2.24) is 0 Å². The monoisotopic (exact) mass is 224 g/mol. The first-order valence-corrected chi connectivity index (χ1v) is 5.79. The van der Waals surface area contributed by atoms with Crippen LogP contribution in [0.25, 0.3) is 0 Å². The fourth-order valence-electron chi connectivity index (χ4n) is 1.19. The van der Waals surface area contributed by atoms with E-state index >= 15 is 0 Å². The lowest BCUT2D eigenvalue weighted by molar-refractivity contribution is 0.450. The van der Waals surface area contributed by atoms with Gasteiger partial charge in [0.1, 0.15) is 0 Å². The quantitative estimate of drug-likeness (QED) is 0.598. The Labute approximate surface area is 93.1 Å². The molecule has 0 heterocycles.